The van der Waals surface area contributed by atoms with Gasteiger partial charge < -0.3 is 15.1 Å². The lowest BCUT2D eigenvalue weighted by Crippen LogP contribution is -2.47. The van der Waals surface area contributed by atoms with Crippen molar-refractivity contribution in [3.8, 4) is 0 Å². The van der Waals surface area contributed by atoms with Crippen LogP contribution in [0.2, 0.25) is 0 Å². The number of piperazine rings is 1. The highest BCUT2D eigenvalue weighted by atomic mass is 16.2. The van der Waals surface area contributed by atoms with E-state index in [9.17, 15) is 4.79 Å². The summed E-state index contributed by atoms with van der Waals surface area (Å²) in [6.45, 7) is 5.00. The van der Waals surface area contributed by atoms with E-state index in [2.05, 4.69) is 17.3 Å². The third-order valence-corrected chi connectivity index (χ3v) is 3.73. The summed E-state index contributed by atoms with van der Waals surface area (Å²) in [5, 5.41) is 3.44. The summed E-state index contributed by atoms with van der Waals surface area (Å²) >= 11 is 0. The maximum atomic E-state index is 11.9. The van der Waals surface area contributed by atoms with Crippen molar-refractivity contribution in [3.05, 3.63) is 0 Å². The molecule has 0 aromatic carbocycles. The van der Waals surface area contributed by atoms with Gasteiger partial charge in [0.25, 0.3) is 0 Å². The smallest absolute Gasteiger partial charge is 0.222 e. The molecule has 16 heavy (non-hydrogen) atoms. The van der Waals surface area contributed by atoms with E-state index in [0.29, 0.717) is 11.9 Å². The fourth-order valence-electron chi connectivity index (χ4n) is 2.51. The molecule has 0 radical (unpaired) electrons. The summed E-state index contributed by atoms with van der Waals surface area (Å²) in [6.07, 6.45) is 4.26. The molecule has 4 heteroatoms. The average molecular weight is 225 g/mol. The molecule has 0 aromatic rings. The zero-order chi connectivity index (χ0) is 11.4. The van der Waals surface area contributed by atoms with Gasteiger partial charge in [0.05, 0.1) is 0 Å². The Bertz CT molecular complexity index is 230. The monoisotopic (exact) mass is 225 g/mol. The number of nitrogens with zero attached hydrogens (tertiary/aromatic N) is 2. The molecule has 2 aliphatic rings. The molecule has 2 rings (SSSR count). The van der Waals surface area contributed by atoms with Crippen molar-refractivity contribution in [3.63, 3.8) is 0 Å². The highest BCUT2D eigenvalue weighted by Gasteiger charge is 2.21. The van der Waals surface area contributed by atoms with Crippen LogP contribution in [0.1, 0.15) is 25.7 Å². The Balaban J connectivity index is 1.67. The minimum Gasteiger partial charge on any atom is -0.340 e. The minimum absolute atomic E-state index is 0.349. The number of nitrogens with one attached hydrogen (secondary N) is 1. The van der Waals surface area contributed by atoms with E-state index in [1.165, 1.54) is 12.8 Å². The second-order valence-corrected chi connectivity index (χ2v) is 5.02. The van der Waals surface area contributed by atoms with Crippen LogP contribution in [-0.4, -0.2) is 61.5 Å². The van der Waals surface area contributed by atoms with E-state index in [1.807, 2.05) is 4.90 Å². The molecule has 4 nitrogen and oxygen atoms in total. The number of likely N-dealkylation sites (N-methyl/N-ethyl adjacent to an activating group) is 1. The van der Waals surface area contributed by atoms with Gasteiger partial charge in [0.1, 0.15) is 0 Å². The first-order chi connectivity index (χ1) is 7.75. The Labute approximate surface area is 98.0 Å². The number of amides is 1. The molecule has 0 spiro atoms. The first-order valence-corrected chi connectivity index (χ1v) is 6.45. The summed E-state index contributed by atoms with van der Waals surface area (Å²) in [5.74, 6) is 0.349. The van der Waals surface area contributed by atoms with E-state index >= 15 is 0 Å². The molecule has 1 N–H and O–H groups in total. The number of rotatable bonds is 3. The van der Waals surface area contributed by atoms with Crippen molar-refractivity contribution in [1.82, 2.24) is 15.1 Å². The SMILES string of the molecule is CN1CCN(C(=O)CC[C@H]2CCCN2)CC1. The van der Waals surface area contributed by atoms with Crippen LogP contribution in [0.4, 0.5) is 0 Å². The van der Waals surface area contributed by atoms with Crippen LogP contribution in [-0.2, 0) is 4.79 Å². The maximum absolute atomic E-state index is 11.9. The van der Waals surface area contributed by atoms with Gasteiger partial charge in [0, 0.05) is 38.6 Å². The summed E-state index contributed by atoms with van der Waals surface area (Å²) in [4.78, 5) is 16.2. The quantitative estimate of drug-likeness (QED) is 0.750. The van der Waals surface area contributed by atoms with Gasteiger partial charge in [-0.3, -0.25) is 4.79 Å². The Morgan fingerprint density at radius 3 is 2.69 bits per heavy atom. The molecule has 0 aromatic heterocycles. The lowest BCUT2D eigenvalue weighted by atomic mass is 10.1. The summed E-state index contributed by atoms with van der Waals surface area (Å²) < 4.78 is 0. The second-order valence-electron chi connectivity index (χ2n) is 5.02. The predicted octanol–water partition coefficient (Wildman–Crippen LogP) is 0.293. The molecule has 92 valence electrons. The van der Waals surface area contributed by atoms with Gasteiger partial charge in [-0.25, -0.2) is 0 Å². The molecule has 1 atom stereocenters. The summed E-state index contributed by atoms with van der Waals surface area (Å²) in [5.41, 5.74) is 0. The van der Waals surface area contributed by atoms with Crippen LogP contribution in [0.15, 0.2) is 0 Å². The van der Waals surface area contributed by atoms with E-state index in [-0.39, 0.29) is 0 Å². The molecule has 2 aliphatic heterocycles. The molecule has 2 fully saturated rings. The highest BCUT2D eigenvalue weighted by molar-refractivity contribution is 5.76. The van der Waals surface area contributed by atoms with E-state index < -0.39 is 0 Å². The summed E-state index contributed by atoms with van der Waals surface area (Å²) in [7, 11) is 2.12. The number of hydrogen-bond acceptors (Lipinski definition) is 3. The van der Waals surface area contributed by atoms with Gasteiger partial charge in [-0.1, -0.05) is 0 Å². The molecule has 0 unspecified atom stereocenters. The van der Waals surface area contributed by atoms with Crippen molar-refractivity contribution < 1.29 is 4.79 Å². The predicted molar refractivity (Wildman–Crippen MR) is 64.3 cm³/mol. The second kappa shape index (κ2) is 5.64. The Kier molecular flexibility index (Phi) is 4.18. The average Bonchev–Trinajstić information content (AvgIpc) is 2.80. The molecule has 0 bridgehead atoms. The lowest BCUT2D eigenvalue weighted by molar-refractivity contribution is -0.132. The van der Waals surface area contributed by atoms with Crippen LogP contribution in [0.25, 0.3) is 0 Å². The van der Waals surface area contributed by atoms with Crippen molar-refractivity contribution >= 4 is 5.91 Å². The van der Waals surface area contributed by atoms with E-state index in [1.54, 1.807) is 0 Å². The normalized spacial score (nSPS) is 27.3. The van der Waals surface area contributed by atoms with Crippen LogP contribution in [0.5, 0.6) is 0 Å². The molecular weight excluding hydrogens is 202 g/mol. The lowest BCUT2D eigenvalue weighted by Gasteiger charge is -2.32. The largest absolute Gasteiger partial charge is 0.340 e. The van der Waals surface area contributed by atoms with Gasteiger partial charge in [0.15, 0.2) is 0 Å². The topological polar surface area (TPSA) is 35.6 Å². The molecule has 1 amide bonds. The fourth-order valence-corrected chi connectivity index (χ4v) is 2.51. The third-order valence-electron chi connectivity index (χ3n) is 3.73. The van der Waals surface area contributed by atoms with Crippen LogP contribution >= 0.6 is 0 Å². The van der Waals surface area contributed by atoms with Crippen LogP contribution in [0, 0.1) is 0 Å². The standard InChI is InChI=1S/C12H23N3O/c1-14-7-9-15(10-8-14)12(16)5-4-11-3-2-6-13-11/h11,13H,2-10H2,1H3/t11-/m1/s1. The van der Waals surface area contributed by atoms with E-state index in [4.69, 9.17) is 0 Å². The first-order valence-electron chi connectivity index (χ1n) is 6.45. The number of hydrogen-bond donors (Lipinski definition) is 1. The Morgan fingerprint density at radius 1 is 1.31 bits per heavy atom. The van der Waals surface area contributed by atoms with Crippen molar-refractivity contribution in [2.24, 2.45) is 0 Å². The van der Waals surface area contributed by atoms with E-state index in [0.717, 1.165) is 45.6 Å². The van der Waals surface area contributed by atoms with Gasteiger partial charge >= 0.3 is 0 Å². The van der Waals surface area contributed by atoms with Gasteiger partial charge in [-0.05, 0) is 32.9 Å². The van der Waals surface area contributed by atoms with Gasteiger partial charge in [-0.2, -0.15) is 0 Å². The number of carbonyl (C=O) groups excluding carboxylic acids is 1. The van der Waals surface area contributed by atoms with Crippen LogP contribution < -0.4 is 5.32 Å². The molecular formula is C12H23N3O. The Hall–Kier alpha value is -0.610. The maximum Gasteiger partial charge on any atom is 0.222 e. The fraction of sp³-hybridized carbons (Fsp3) is 0.917. The van der Waals surface area contributed by atoms with Crippen molar-refractivity contribution in [1.29, 1.82) is 0 Å². The number of carbonyl (C=O) groups is 1. The van der Waals surface area contributed by atoms with Gasteiger partial charge in [-0.15, -0.1) is 0 Å². The van der Waals surface area contributed by atoms with Crippen molar-refractivity contribution in [2.45, 2.75) is 31.7 Å². The first kappa shape index (κ1) is 11.9. The molecule has 0 aliphatic carbocycles. The van der Waals surface area contributed by atoms with Gasteiger partial charge in [0.2, 0.25) is 5.91 Å². The zero-order valence-corrected chi connectivity index (χ0v) is 10.2. The summed E-state index contributed by atoms with van der Waals surface area (Å²) in [6, 6.07) is 0.594. The minimum atomic E-state index is 0.349. The third kappa shape index (κ3) is 3.19. The highest BCUT2D eigenvalue weighted by Crippen LogP contribution is 2.12. The van der Waals surface area contributed by atoms with Crippen molar-refractivity contribution in [2.75, 3.05) is 39.8 Å². The van der Waals surface area contributed by atoms with Crippen LogP contribution in [0.3, 0.4) is 0 Å². The zero-order valence-electron chi connectivity index (χ0n) is 10.2. The Morgan fingerprint density at radius 2 is 2.06 bits per heavy atom. The molecule has 0 saturated carbocycles. The molecule has 2 saturated heterocycles. The molecule has 2 heterocycles.